The summed E-state index contributed by atoms with van der Waals surface area (Å²) >= 11 is 0. The number of amides is 1. The summed E-state index contributed by atoms with van der Waals surface area (Å²) in [5.41, 5.74) is 0.401. The third-order valence-electron chi connectivity index (χ3n) is 3.77. The topological polar surface area (TPSA) is 87.6 Å². The van der Waals surface area contributed by atoms with Crippen molar-refractivity contribution in [1.29, 1.82) is 0 Å². The Morgan fingerprint density at radius 1 is 1.25 bits per heavy atom. The van der Waals surface area contributed by atoms with E-state index >= 15 is 0 Å². The second kappa shape index (κ2) is 6.84. The number of nitrogens with one attached hydrogen (secondary N) is 1. The van der Waals surface area contributed by atoms with Gasteiger partial charge in [0.1, 0.15) is 5.82 Å². The molecule has 2 aromatic rings. The van der Waals surface area contributed by atoms with Crippen molar-refractivity contribution in [3.8, 4) is 5.75 Å². The Bertz CT molecular complexity index is 710. The number of aromatic hydroxyl groups is 1. The number of hydrogen-bond acceptors (Lipinski definition) is 6. The van der Waals surface area contributed by atoms with Gasteiger partial charge in [-0.2, -0.15) is 0 Å². The molecule has 0 radical (unpaired) electrons. The summed E-state index contributed by atoms with van der Waals surface area (Å²) in [6.45, 7) is 5.60. The van der Waals surface area contributed by atoms with Crippen LogP contribution in [0.2, 0.25) is 0 Å². The van der Waals surface area contributed by atoms with Crippen LogP contribution in [0.15, 0.2) is 36.7 Å². The van der Waals surface area contributed by atoms with Crippen LogP contribution in [0.1, 0.15) is 24.2 Å². The smallest absolute Gasteiger partial charge is 0.258 e. The van der Waals surface area contributed by atoms with Crippen LogP contribution in [-0.4, -0.2) is 46.3 Å². The average Bonchev–Trinajstić information content (AvgIpc) is 2.56. The molecular weight excluding hydrogens is 308 g/mol. The molecule has 0 aliphatic carbocycles. The first kappa shape index (κ1) is 16.2. The van der Waals surface area contributed by atoms with Crippen molar-refractivity contribution in [3.63, 3.8) is 0 Å². The second-order valence-corrected chi connectivity index (χ2v) is 5.89. The molecule has 1 saturated heterocycles. The summed E-state index contributed by atoms with van der Waals surface area (Å²) < 4.78 is 5.71. The number of carbonyl (C=O) groups is 1. The molecule has 3 rings (SSSR count). The van der Waals surface area contributed by atoms with E-state index in [0.29, 0.717) is 5.56 Å². The highest BCUT2D eigenvalue weighted by Gasteiger charge is 2.23. The van der Waals surface area contributed by atoms with E-state index in [2.05, 4.69) is 20.2 Å². The Labute approximate surface area is 140 Å². The first-order chi connectivity index (χ1) is 11.5. The van der Waals surface area contributed by atoms with Crippen LogP contribution in [-0.2, 0) is 4.74 Å². The van der Waals surface area contributed by atoms with E-state index in [4.69, 9.17) is 4.74 Å². The van der Waals surface area contributed by atoms with Gasteiger partial charge in [-0.15, -0.1) is 0 Å². The summed E-state index contributed by atoms with van der Waals surface area (Å²) in [5.74, 6) is 0.495. The molecule has 24 heavy (non-hydrogen) atoms. The third-order valence-corrected chi connectivity index (χ3v) is 3.77. The van der Waals surface area contributed by atoms with Gasteiger partial charge in [0, 0.05) is 25.5 Å². The van der Waals surface area contributed by atoms with Crippen LogP contribution < -0.4 is 10.2 Å². The van der Waals surface area contributed by atoms with Gasteiger partial charge in [-0.3, -0.25) is 4.79 Å². The molecule has 2 aromatic heterocycles. The Hall–Kier alpha value is -2.67. The largest absolute Gasteiger partial charge is 0.504 e. The lowest BCUT2D eigenvalue weighted by atomic mass is 10.2. The molecule has 2 N–H and O–H groups in total. The van der Waals surface area contributed by atoms with E-state index in [-0.39, 0.29) is 29.7 Å². The zero-order valence-electron chi connectivity index (χ0n) is 13.6. The highest BCUT2D eigenvalue weighted by molar-refractivity contribution is 6.04. The van der Waals surface area contributed by atoms with Crippen molar-refractivity contribution in [1.82, 2.24) is 9.97 Å². The van der Waals surface area contributed by atoms with Crippen molar-refractivity contribution in [2.24, 2.45) is 0 Å². The van der Waals surface area contributed by atoms with E-state index in [1.54, 1.807) is 12.1 Å². The summed E-state index contributed by atoms with van der Waals surface area (Å²) in [7, 11) is 0. The first-order valence-electron chi connectivity index (χ1n) is 7.84. The molecule has 1 aliphatic rings. The number of ether oxygens (including phenoxy) is 1. The minimum atomic E-state index is -0.369. The monoisotopic (exact) mass is 328 g/mol. The number of pyridine rings is 2. The lowest BCUT2D eigenvalue weighted by Gasteiger charge is -2.36. The number of carbonyl (C=O) groups excluding carboxylic acids is 1. The minimum Gasteiger partial charge on any atom is -0.504 e. The predicted molar refractivity (Wildman–Crippen MR) is 90.3 cm³/mol. The number of aromatic nitrogens is 2. The van der Waals surface area contributed by atoms with Crippen molar-refractivity contribution < 1.29 is 14.6 Å². The highest BCUT2D eigenvalue weighted by atomic mass is 16.5. The predicted octanol–water partition coefficient (Wildman–Crippen LogP) is 2.05. The molecule has 0 saturated carbocycles. The summed E-state index contributed by atoms with van der Waals surface area (Å²) in [6, 6.07) is 6.58. The van der Waals surface area contributed by atoms with Gasteiger partial charge in [-0.05, 0) is 38.1 Å². The van der Waals surface area contributed by atoms with Crippen LogP contribution >= 0.6 is 0 Å². The average molecular weight is 328 g/mol. The van der Waals surface area contributed by atoms with Crippen LogP contribution in [0, 0.1) is 0 Å². The van der Waals surface area contributed by atoms with E-state index in [0.717, 1.165) is 18.9 Å². The molecule has 0 unspecified atom stereocenters. The Balaban J connectivity index is 1.70. The van der Waals surface area contributed by atoms with Gasteiger partial charge in [-0.1, -0.05) is 0 Å². The molecule has 0 spiro atoms. The van der Waals surface area contributed by atoms with Crippen LogP contribution in [0.5, 0.6) is 5.75 Å². The molecule has 7 nitrogen and oxygen atoms in total. The fraction of sp³-hybridized carbons (Fsp3) is 0.353. The van der Waals surface area contributed by atoms with Crippen molar-refractivity contribution in [2.45, 2.75) is 26.1 Å². The number of nitrogens with zero attached hydrogens (tertiary/aromatic N) is 3. The van der Waals surface area contributed by atoms with E-state index in [9.17, 15) is 9.90 Å². The van der Waals surface area contributed by atoms with Gasteiger partial charge in [0.2, 0.25) is 0 Å². The maximum absolute atomic E-state index is 12.2. The van der Waals surface area contributed by atoms with Gasteiger partial charge < -0.3 is 20.1 Å². The Morgan fingerprint density at radius 2 is 2.00 bits per heavy atom. The summed E-state index contributed by atoms with van der Waals surface area (Å²) in [6.07, 6.45) is 3.31. The minimum absolute atomic E-state index is 0.0771. The van der Waals surface area contributed by atoms with E-state index < -0.39 is 0 Å². The van der Waals surface area contributed by atoms with E-state index in [1.807, 2.05) is 19.9 Å². The normalized spacial score (nSPS) is 20.7. The lowest BCUT2D eigenvalue weighted by molar-refractivity contribution is -0.00546. The maximum atomic E-state index is 12.2. The van der Waals surface area contributed by atoms with Gasteiger partial charge in [0.05, 0.1) is 17.8 Å². The Morgan fingerprint density at radius 3 is 2.62 bits per heavy atom. The SMILES string of the molecule is C[C@H]1CN(c2ccc(C(=O)Nc3ncccc3O)cn2)C[C@H](C)O1. The number of rotatable bonds is 3. The Kier molecular flexibility index (Phi) is 4.61. The van der Waals surface area contributed by atoms with Gasteiger partial charge >= 0.3 is 0 Å². The zero-order chi connectivity index (χ0) is 17.1. The zero-order valence-corrected chi connectivity index (χ0v) is 13.6. The summed E-state index contributed by atoms with van der Waals surface area (Å²) in [5, 5.41) is 12.2. The second-order valence-electron chi connectivity index (χ2n) is 5.89. The van der Waals surface area contributed by atoms with Crippen LogP contribution in [0.4, 0.5) is 11.6 Å². The number of morpholine rings is 1. The molecular formula is C17H20N4O3. The van der Waals surface area contributed by atoms with Crippen molar-refractivity contribution in [3.05, 3.63) is 42.2 Å². The molecule has 2 atom stereocenters. The molecule has 3 heterocycles. The fourth-order valence-corrected chi connectivity index (χ4v) is 2.75. The molecule has 1 amide bonds. The molecule has 7 heteroatoms. The van der Waals surface area contributed by atoms with Crippen molar-refractivity contribution in [2.75, 3.05) is 23.3 Å². The van der Waals surface area contributed by atoms with Gasteiger partial charge in [0.15, 0.2) is 11.6 Å². The first-order valence-corrected chi connectivity index (χ1v) is 7.84. The lowest BCUT2D eigenvalue weighted by Crippen LogP contribution is -2.45. The molecule has 1 aliphatic heterocycles. The van der Waals surface area contributed by atoms with Crippen LogP contribution in [0.25, 0.3) is 0 Å². The quantitative estimate of drug-likeness (QED) is 0.896. The molecule has 126 valence electrons. The summed E-state index contributed by atoms with van der Waals surface area (Å²) in [4.78, 5) is 22.7. The standard InChI is InChI=1S/C17H20N4O3/c1-11-9-21(10-12(2)24-11)15-6-5-13(8-19-15)17(23)20-16-14(22)4-3-7-18-16/h3-8,11-12,22H,9-10H2,1-2H3,(H,18,20,23)/t11-,12-/m0/s1. The molecule has 0 aromatic carbocycles. The van der Waals surface area contributed by atoms with Gasteiger partial charge in [0.25, 0.3) is 5.91 Å². The number of anilines is 2. The van der Waals surface area contributed by atoms with E-state index in [1.165, 1.54) is 18.5 Å². The maximum Gasteiger partial charge on any atom is 0.258 e. The van der Waals surface area contributed by atoms with Crippen molar-refractivity contribution >= 4 is 17.5 Å². The highest BCUT2D eigenvalue weighted by Crippen LogP contribution is 2.21. The third kappa shape index (κ3) is 3.62. The molecule has 0 bridgehead atoms. The van der Waals surface area contributed by atoms with Crippen LogP contribution in [0.3, 0.4) is 0 Å². The van der Waals surface area contributed by atoms with Gasteiger partial charge in [-0.25, -0.2) is 9.97 Å². The fourth-order valence-electron chi connectivity index (χ4n) is 2.75. The molecule has 1 fully saturated rings. The number of hydrogen-bond donors (Lipinski definition) is 2.